The van der Waals surface area contributed by atoms with Crippen LogP contribution in [0.4, 0.5) is 5.82 Å². The van der Waals surface area contributed by atoms with Crippen LogP contribution in [0.25, 0.3) is 0 Å². The quantitative estimate of drug-likeness (QED) is 0.802. The van der Waals surface area contributed by atoms with E-state index in [1.807, 2.05) is 11.9 Å². The van der Waals surface area contributed by atoms with Crippen molar-refractivity contribution in [1.29, 1.82) is 0 Å². The minimum atomic E-state index is -0.971. The van der Waals surface area contributed by atoms with Crippen LogP contribution in [0.1, 0.15) is 23.2 Å². The van der Waals surface area contributed by atoms with Crippen LogP contribution in [-0.2, 0) is 0 Å². The first-order valence-corrected chi connectivity index (χ1v) is 5.10. The van der Waals surface area contributed by atoms with Crippen LogP contribution in [0.3, 0.4) is 0 Å². The molecular formula is C10H11ClN2O2. The first-order chi connectivity index (χ1) is 7.09. The molecule has 0 spiro atoms. The van der Waals surface area contributed by atoms with Crippen molar-refractivity contribution in [2.45, 2.75) is 18.9 Å². The molecule has 0 aliphatic heterocycles. The fraction of sp³-hybridized carbons (Fsp3) is 0.400. The van der Waals surface area contributed by atoms with E-state index in [1.165, 1.54) is 12.1 Å². The van der Waals surface area contributed by atoms with Gasteiger partial charge in [-0.25, -0.2) is 9.78 Å². The molecule has 80 valence electrons. The molecule has 0 saturated heterocycles. The Bertz CT molecular complexity index is 404. The Balaban J connectivity index is 2.41. The fourth-order valence-electron chi connectivity index (χ4n) is 1.50. The lowest BCUT2D eigenvalue weighted by molar-refractivity contribution is 0.0697. The number of hydrogen-bond donors (Lipinski definition) is 1. The number of hydrogen-bond acceptors (Lipinski definition) is 3. The SMILES string of the molecule is CN(c1nc(Cl)ccc1C(=O)O)C1CC1. The molecule has 0 bridgehead atoms. The summed E-state index contributed by atoms with van der Waals surface area (Å²) in [6, 6.07) is 3.40. The third kappa shape index (κ3) is 2.04. The Kier molecular flexibility index (Phi) is 2.52. The maximum absolute atomic E-state index is 11.0. The van der Waals surface area contributed by atoms with Gasteiger partial charge < -0.3 is 10.0 Å². The maximum atomic E-state index is 11.0. The van der Waals surface area contributed by atoms with Crippen molar-refractivity contribution >= 4 is 23.4 Å². The average Bonchev–Trinajstić information content (AvgIpc) is 2.99. The Morgan fingerprint density at radius 3 is 2.80 bits per heavy atom. The number of anilines is 1. The first-order valence-electron chi connectivity index (χ1n) is 4.72. The smallest absolute Gasteiger partial charge is 0.339 e. The fourth-order valence-corrected chi connectivity index (χ4v) is 1.64. The Hall–Kier alpha value is -1.29. The van der Waals surface area contributed by atoms with Gasteiger partial charge in [0, 0.05) is 13.1 Å². The van der Waals surface area contributed by atoms with Gasteiger partial charge in [0.2, 0.25) is 0 Å². The number of carboxylic acids is 1. The summed E-state index contributed by atoms with van der Waals surface area (Å²) in [6.07, 6.45) is 2.17. The minimum Gasteiger partial charge on any atom is -0.478 e. The molecule has 5 heteroatoms. The molecule has 0 radical (unpaired) electrons. The topological polar surface area (TPSA) is 53.4 Å². The Labute approximate surface area is 92.5 Å². The van der Waals surface area contributed by atoms with Crippen molar-refractivity contribution < 1.29 is 9.90 Å². The second kappa shape index (κ2) is 3.70. The van der Waals surface area contributed by atoms with Gasteiger partial charge in [-0.05, 0) is 25.0 Å². The highest BCUT2D eigenvalue weighted by Crippen LogP contribution is 2.31. The number of carboxylic acid groups (broad SMARTS) is 1. The number of nitrogens with zero attached hydrogens (tertiary/aromatic N) is 2. The molecule has 1 N–H and O–H groups in total. The van der Waals surface area contributed by atoms with Gasteiger partial charge in [0.05, 0.1) is 0 Å². The summed E-state index contributed by atoms with van der Waals surface area (Å²) in [4.78, 5) is 16.9. The van der Waals surface area contributed by atoms with E-state index in [4.69, 9.17) is 16.7 Å². The van der Waals surface area contributed by atoms with Crippen LogP contribution in [0.15, 0.2) is 12.1 Å². The molecule has 2 rings (SSSR count). The second-order valence-corrected chi connectivity index (χ2v) is 4.04. The molecule has 0 aromatic carbocycles. The van der Waals surface area contributed by atoms with Crippen LogP contribution in [-0.4, -0.2) is 29.1 Å². The summed E-state index contributed by atoms with van der Waals surface area (Å²) in [6.45, 7) is 0. The highest BCUT2D eigenvalue weighted by atomic mass is 35.5. The molecule has 1 aromatic rings. The van der Waals surface area contributed by atoms with Crippen molar-refractivity contribution in [3.05, 3.63) is 22.8 Å². The number of halogens is 1. The number of pyridine rings is 1. The normalized spacial score (nSPS) is 15.1. The van der Waals surface area contributed by atoms with Crippen LogP contribution in [0.2, 0.25) is 5.15 Å². The predicted molar refractivity (Wildman–Crippen MR) is 57.6 cm³/mol. The molecule has 0 amide bonds. The van der Waals surface area contributed by atoms with Gasteiger partial charge in [-0.3, -0.25) is 0 Å². The van der Waals surface area contributed by atoms with Gasteiger partial charge in [-0.1, -0.05) is 11.6 Å². The largest absolute Gasteiger partial charge is 0.478 e. The van der Waals surface area contributed by atoms with E-state index in [0.29, 0.717) is 17.0 Å². The summed E-state index contributed by atoms with van der Waals surface area (Å²) in [5, 5.41) is 9.32. The van der Waals surface area contributed by atoms with E-state index in [1.54, 1.807) is 0 Å². The third-order valence-electron chi connectivity index (χ3n) is 2.50. The van der Waals surface area contributed by atoms with Crippen LogP contribution < -0.4 is 4.90 Å². The maximum Gasteiger partial charge on any atom is 0.339 e. The van der Waals surface area contributed by atoms with E-state index in [9.17, 15) is 4.79 Å². The molecule has 1 aliphatic carbocycles. The zero-order chi connectivity index (χ0) is 11.0. The number of carbonyl (C=O) groups is 1. The Morgan fingerprint density at radius 1 is 1.60 bits per heavy atom. The van der Waals surface area contributed by atoms with Crippen molar-refractivity contribution in [2.75, 3.05) is 11.9 Å². The van der Waals surface area contributed by atoms with Gasteiger partial charge in [0.15, 0.2) is 0 Å². The van der Waals surface area contributed by atoms with Gasteiger partial charge in [0.1, 0.15) is 16.5 Å². The zero-order valence-corrected chi connectivity index (χ0v) is 9.03. The summed E-state index contributed by atoms with van der Waals surface area (Å²) >= 11 is 5.76. The molecule has 0 unspecified atom stereocenters. The predicted octanol–water partition coefficient (Wildman–Crippen LogP) is 2.03. The van der Waals surface area contributed by atoms with Crippen molar-refractivity contribution in [3.8, 4) is 0 Å². The summed E-state index contributed by atoms with van der Waals surface area (Å²) in [7, 11) is 1.85. The monoisotopic (exact) mass is 226 g/mol. The van der Waals surface area contributed by atoms with Gasteiger partial charge >= 0.3 is 5.97 Å². The highest BCUT2D eigenvalue weighted by molar-refractivity contribution is 6.29. The second-order valence-electron chi connectivity index (χ2n) is 3.65. The average molecular weight is 227 g/mol. The number of aromatic carboxylic acids is 1. The lowest BCUT2D eigenvalue weighted by atomic mass is 10.2. The zero-order valence-electron chi connectivity index (χ0n) is 8.27. The first kappa shape index (κ1) is 10.2. The van der Waals surface area contributed by atoms with Crippen LogP contribution in [0, 0.1) is 0 Å². The van der Waals surface area contributed by atoms with Gasteiger partial charge in [-0.2, -0.15) is 0 Å². The van der Waals surface area contributed by atoms with Crippen molar-refractivity contribution in [1.82, 2.24) is 4.98 Å². The highest BCUT2D eigenvalue weighted by Gasteiger charge is 2.29. The van der Waals surface area contributed by atoms with E-state index < -0.39 is 5.97 Å². The molecule has 1 heterocycles. The van der Waals surface area contributed by atoms with E-state index in [2.05, 4.69) is 4.98 Å². The Morgan fingerprint density at radius 2 is 2.27 bits per heavy atom. The molecule has 1 fully saturated rings. The van der Waals surface area contributed by atoms with Gasteiger partial charge in [0.25, 0.3) is 0 Å². The summed E-state index contributed by atoms with van der Waals surface area (Å²) in [5.74, 6) is -0.515. The summed E-state index contributed by atoms with van der Waals surface area (Å²) < 4.78 is 0. The molecule has 1 saturated carbocycles. The van der Waals surface area contributed by atoms with Crippen LogP contribution in [0.5, 0.6) is 0 Å². The van der Waals surface area contributed by atoms with Crippen molar-refractivity contribution in [3.63, 3.8) is 0 Å². The van der Waals surface area contributed by atoms with E-state index in [0.717, 1.165) is 12.8 Å². The van der Waals surface area contributed by atoms with E-state index in [-0.39, 0.29) is 5.56 Å². The standard InChI is InChI=1S/C10H11ClN2O2/c1-13(6-2-3-6)9-7(10(14)15)4-5-8(11)12-9/h4-6H,2-3H2,1H3,(H,14,15). The molecule has 15 heavy (non-hydrogen) atoms. The molecule has 4 nitrogen and oxygen atoms in total. The van der Waals surface area contributed by atoms with Gasteiger partial charge in [-0.15, -0.1) is 0 Å². The molecule has 1 aromatic heterocycles. The van der Waals surface area contributed by atoms with Crippen molar-refractivity contribution in [2.24, 2.45) is 0 Å². The molecule has 1 aliphatic rings. The number of rotatable bonds is 3. The minimum absolute atomic E-state index is 0.203. The molecule has 0 atom stereocenters. The van der Waals surface area contributed by atoms with E-state index >= 15 is 0 Å². The number of aromatic nitrogens is 1. The molecular weight excluding hydrogens is 216 g/mol. The third-order valence-corrected chi connectivity index (χ3v) is 2.71. The lowest BCUT2D eigenvalue weighted by Gasteiger charge is -2.19. The van der Waals surface area contributed by atoms with Crippen LogP contribution >= 0.6 is 11.6 Å². The summed E-state index contributed by atoms with van der Waals surface area (Å²) in [5.41, 5.74) is 0.203. The lowest BCUT2D eigenvalue weighted by Crippen LogP contribution is -2.23.